The molecule has 0 aliphatic carbocycles. The van der Waals surface area contributed by atoms with Crippen molar-refractivity contribution in [2.45, 2.75) is 19.3 Å². The second kappa shape index (κ2) is 9.61. The van der Waals surface area contributed by atoms with Crippen LogP contribution < -0.4 is 11.1 Å². The number of piperidine rings is 1. The zero-order valence-corrected chi connectivity index (χ0v) is 15.0. The van der Waals surface area contributed by atoms with Crippen LogP contribution in [0, 0.1) is 9.49 Å². The molecule has 1 aliphatic heterocycles. The molecule has 1 amide bonds. The molecule has 21 heavy (non-hydrogen) atoms. The number of anilines is 1. The molecule has 3 N–H and O–H groups in total. The molecule has 1 unspecified atom stereocenters. The average molecular weight is 424 g/mol. The number of rotatable bonds is 5. The van der Waals surface area contributed by atoms with Crippen molar-refractivity contribution >= 4 is 46.6 Å². The van der Waals surface area contributed by atoms with Crippen molar-refractivity contribution in [3.8, 4) is 0 Å². The molecule has 6 heteroatoms. The molecule has 1 heterocycles. The van der Waals surface area contributed by atoms with Gasteiger partial charge in [-0.15, -0.1) is 12.4 Å². The summed E-state index contributed by atoms with van der Waals surface area (Å²) in [4.78, 5) is 14.3. The van der Waals surface area contributed by atoms with Gasteiger partial charge in [-0.1, -0.05) is 6.07 Å². The van der Waals surface area contributed by atoms with Gasteiger partial charge in [0.2, 0.25) is 5.91 Å². The van der Waals surface area contributed by atoms with E-state index in [0.717, 1.165) is 35.3 Å². The standard InChI is InChI=1S/C15H22IN3O.ClH/c16-13-4-1-5-14(9-13)18-15(20)11-19-8-2-3-12(10-19)6-7-17;/h1,4-5,9,12H,2-3,6-8,10-11,17H2,(H,18,20);1H. The SMILES string of the molecule is Cl.NCCC1CCCN(CC(=O)Nc2cccc(I)c2)C1. The predicted octanol–water partition coefficient (Wildman–Crippen LogP) is 2.71. The van der Waals surface area contributed by atoms with Crippen molar-refractivity contribution in [3.63, 3.8) is 0 Å². The molecule has 1 aromatic rings. The summed E-state index contributed by atoms with van der Waals surface area (Å²) in [5, 5.41) is 2.97. The lowest BCUT2D eigenvalue weighted by Crippen LogP contribution is -2.40. The fraction of sp³-hybridized carbons (Fsp3) is 0.533. The van der Waals surface area contributed by atoms with Crippen LogP contribution >= 0.6 is 35.0 Å². The maximum Gasteiger partial charge on any atom is 0.238 e. The Kier molecular flexibility index (Phi) is 8.55. The Balaban J connectivity index is 0.00000220. The van der Waals surface area contributed by atoms with E-state index in [2.05, 4.69) is 32.8 Å². The Labute approximate surface area is 146 Å². The quantitative estimate of drug-likeness (QED) is 0.716. The van der Waals surface area contributed by atoms with Gasteiger partial charge in [0.1, 0.15) is 0 Å². The molecule has 0 radical (unpaired) electrons. The zero-order chi connectivity index (χ0) is 14.4. The minimum Gasteiger partial charge on any atom is -0.330 e. The highest BCUT2D eigenvalue weighted by molar-refractivity contribution is 14.1. The number of carbonyl (C=O) groups excluding carboxylic acids is 1. The fourth-order valence-corrected chi connectivity index (χ4v) is 3.28. The largest absolute Gasteiger partial charge is 0.330 e. The number of carbonyl (C=O) groups is 1. The molecule has 1 saturated heterocycles. The second-order valence-corrected chi connectivity index (χ2v) is 6.62. The monoisotopic (exact) mass is 423 g/mol. The Morgan fingerprint density at radius 2 is 2.29 bits per heavy atom. The minimum absolute atomic E-state index is 0. The van der Waals surface area contributed by atoms with Gasteiger partial charge in [0.25, 0.3) is 0 Å². The van der Waals surface area contributed by atoms with Crippen molar-refractivity contribution in [3.05, 3.63) is 27.8 Å². The van der Waals surface area contributed by atoms with E-state index in [0.29, 0.717) is 12.5 Å². The summed E-state index contributed by atoms with van der Waals surface area (Å²) in [6.07, 6.45) is 3.47. The first-order chi connectivity index (χ1) is 9.67. The minimum atomic E-state index is 0. The smallest absolute Gasteiger partial charge is 0.238 e. The van der Waals surface area contributed by atoms with Crippen molar-refractivity contribution in [1.82, 2.24) is 4.90 Å². The number of hydrogen-bond donors (Lipinski definition) is 2. The summed E-state index contributed by atoms with van der Waals surface area (Å²) in [5.74, 6) is 0.722. The maximum atomic E-state index is 12.1. The maximum absolute atomic E-state index is 12.1. The lowest BCUT2D eigenvalue weighted by Gasteiger charge is -2.32. The van der Waals surface area contributed by atoms with Crippen LogP contribution in [0.25, 0.3) is 0 Å². The molecule has 118 valence electrons. The van der Waals surface area contributed by atoms with Gasteiger partial charge in [-0.05, 0) is 79.1 Å². The number of likely N-dealkylation sites (tertiary alicyclic amines) is 1. The normalized spacial score (nSPS) is 18.9. The molecule has 1 aliphatic rings. The highest BCUT2D eigenvalue weighted by Gasteiger charge is 2.20. The lowest BCUT2D eigenvalue weighted by molar-refractivity contribution is -0.117. The third-order valence-corrected chi connectivity index (χ3v) is 4.32. The van der Waals surface area contributed by atoms with Gasteiger partial charge < -0.3 is 11.1 Å². The number of hydrogen-bond acceptors (Lipinski definition) is 3. The molecule has 0 spiro atoms. The summed E-state index contributed by atoms with van der Waals surface area (Å²) in [5.41, 5.74) is 6.50. The highest BCUT2D eigenvalue weighted by atomic mass is 127. The van der Waals surface area contributed by atoms with Crippen LogP contribution in [0.4, 0.5) is 5.69 Å². The number of nitrogens with two attached hydrogens (primary N) is 1. The first kappa shape index (κ1) is 18.7. The molecule has 1 aromatic carbocycles. The molecule has 2 rings (SSSR count). The number of nitrogens with zero attached hydrogens (tertiary/aromatic N) is 1. The number of amides is 1. The summed E-state index contributed by atoms with van der Waals surface area (Å²) in [6, 6.07) is 7.87. The third-order valence-electron chi connectivity index (χ3n) is 3.65. The van der Waals surface area contributed by atoms with Crippen molar-refractivity contribution in [1.29, 1.82) is 0 Å². The van der Waals surface area contributed by atoms with Gasteiger partial charge in [-0.25, -0.2) is 0 Å². The van der Waals surface area contributed by atoms with Gasteiger partial charge in [0.15, 0.2) is 0 Å². The summed E-state index contributed by atoms with van der Waals surface area (Å²) in [6.45, 7) is 3.23. The average Bonchev–Trinajstić information content (AvgIpc) is 2.39. The molecule has 1 fully saturated rings. The zero-order valence-electron chi connectivity index (χ0n) is 12.1. The van der Waals surface area contributed by atoms with Crippen molar-refractivity contribution in [2.75, 3.05) is 31.5 Å². The van der Waals surface area contributed by atoms with Crippen molar-refractivity contribution in [2.24, 2.45) is 11.7 Å². The van der Waals surface area contributed by atoms with Gasteiger partial charge in [-0.2, -0.15) is 0 Å². The van der Waals surface area contributed by atoms with E-state index in [1.807, 2.05) is 24.3 Å². The Morgan fingerprint density at radius 3 is 3.00 bits per heavy atom. The number of benzene rings is 1. The lowest BCUT2D eigenvalue weighted by atomic mass is 9.95. The Hall–Kier alpha value is -0.370. The first-order valence-corrected chi connectivity index (χ1v) is 8.23. The molecule has 0 saturated carbocycles. The van der Waals surface area contributed by atoms with E-state index in [4.69, 9.17) is 5.73 Å². The molecule has 0 aromatic heterocycles. The molecule has 4 nitrogen and oxygen atoms in total. The second-order valence-electron chi connectivity index (χ2n) is 5.38. The molecule has 0 bridgehead atoms. The number of halogens is 2. The molecular weight excluding hydrogens is 401 g/mol. The third kappa shape index (κ3) is 6.50. The van der Waals surface area contributed by atoms with Crippen molar-refractivity contribution < 1.29 is 4.79 Å². The van der Waals surface area contributed by atoms with Gasteiger partial charge >= 0.3 is 0 Å². The summed E-state index contributed by atoms with van der Waals surface area (Å²) < 4.78 is 1.13. The summed E-state index contributed by atoms with van der Waals surface area (Å²) in [7, 11) is 0. The van der Waals surface area contributed by atoms with Gasteiger partial charge in [-0.3, -0.25) is 9.69 Å². The van der Waals surface area contributed by atoms with Crippen LogP contribution in [0.3, 0.4) is 0 Å². The highest BCUT2D eigenvalue weighted by Crippen LogP contribution is 2.19. The predicted molar refractivity (Wildman–Crippen MR) is 97.9 cm³/mol. The fourth-order valence-electron chi connectivity index (χ4n) is 2.74. The van der Waals surface area contributed by atoms with E-state index in [9.17, 15) is 4.79 Å². The molecule has 1 atom stereocenters. The first-order valence-electron chi connectivity index (χ1n) is 7.15. The van der Waals surface area contributed by atoms with Crippen LogP contribution in [-0.4, -0.2) is 37.0 Å². The van der Waals surface area contributed by atoms with Gasteiger partial charge in [0.05, 0.1) is 6.54 Å². The van der Waals surface area contributed by atoms with E-state index < -0.39 is 0 Å². The summed E-state index contributed by atoms with van der Waals surface area (Å²) >= 11 is 2.25. The number of nitrogens with one attached hydrogen (secondary N) is 1. The van der Waals surface area contributed by atoms with Crippen LogP contribution in [0.2, 0.25) is 0 Å². The van der Waals surface area contributed by atoms with Crippen LogP contribution in [0.5, 0.6) is 0 Å². The van der Waals surface area contributed by atoms with Crippen LogP contribution in [0.15, 0.2) is 24.3 Å². The van der Waals surface area contributed by atoms with E-state index in [-0.39, 0.29) is 18.3 Å². The van der Waals surface area contributed by atoms with E-state index in [1.165, 1.54) is 12.8 Å². The van der Waals surface area contributed by atoms with E-state index in [1.54, 1.807) is 0 Å². The van der Waals surface area contributed by atoms with E-state index >= 15 is 0 Å². The Bertz CT molecular complexity index is 456. The van der Waals surface area contributed by atoms with Crippen LogP contribution in [-0.2, 0) is 4.79 Å². The molecular formula is C15H23ClIN3O. The Morgan fingerprint density at radius 1 is 1.48 bits per heavy atom. The van der Waals surface area contributed by atoms with Gasteiger partial charge in [0, 0.05) is 15.8 Å². The van der Waals surface area contributed by atoms with Crippen LogP contribution in [0.1, 0.15) is 19.3 Å². The topological polar surface area (TPSA) is 58.4 Å².